The van der Waals surface area contributed by atoms with Crippen LogP contribution in [0.15, 0.2) is 50.7 Å². The number of benzene rings is 2. The summed E-state index contributed by atoms with van der Waals surface area (Å²) in [4.78, 5) is 12.6. The molecule has 0 bridgehead atoms. The van der Waals surface area contributed by atoms with Crippen molar-refractivity contribution in [3.63, 3.8) is 0 Å². The molecule has 0 unspecified atom stereocenters. The lowest BCUT2D eigenvalue weighted by atomic mass is 10.0. The lowest BCUT2D eigenvalue weighted by molar-refractivity contribution is 0.104. The lowest BCUT2D eigenvalue weighted by Crippen LogP contribution is -2.01. The molecular weight excluding hydrogens is 407 g/mol. The Morgan fingerprint density at radius 2 is 1.85 bits per heavy atom. The van der Waals surface area contributed by atoms with Crippen molar-refractivity contribution in [2.45, 2.75) is 0 Å². The molecule has 1 heterocycles. The third-order valence-electron chi connectivity index (χ3n) is 2.97. The van der Waals surface area contributed by atoms with Gasteiger partial charge in [0.15, 0.2) is 5.78 Å². The second-order valence-electron chi connectivity index (χ2n) is 4.22. The number of carbonyl (C=O) groups is 1. The van der Waals surface area contributed by atoms with Crippen molar-refractivity contribution >= 4 is 59.1 Å². The summed E-state index contributed by atoms with van der Waals surface area (Å²) in [6, 6.07) is 9.86. The van der Waals surface area contributed by atoms with Gasteiger partial charge in [0.1, 0.15) is 5.82 Å². The molecule has 0 fully saturated rings. The van der Waals surface area contributed by atoms with E-state index in [0.717, 1.165) is 14.6 Å². The molecule has 1 nitrogen and oxygen atoms in total. The zero-order chi connectivity index (χ0) is 14.3. The Hall–Kier alpha value is -1.04. The number of ketones is 1. The summed E-state index contributed by atoms with van der Waals surface area (Å²) in [6.07, 6.45) is 0. The van der Waals surface area contributed by atoms with Crippen LogP contribution in [0, 0.1) is 5.82 Å². The third-order valence-corrected chi connectivity index (χ3v) is 5.58. The van der Waals surface area contributed by atoms with E-state index in [0.29, 0.717) is 15.6 Å². The van der Waals surface area contributed by atoms with E-state index in [9.17, 15) is 9.18 Å². The molecule has 3 aromatic rings. The predicted octanol–water partition coefficient (Wildman–Crippen LogP) is 5.80. The van der Waals surface area contributed by atoms with Crippen LogP contribution in [0.4, 0.5) is 4.39 Å². The molecular formula is C15H7Br2FOS. The first-order chi connectivity index (χ1) is 9.58. The first-order valence-corrected chi connectivity index (χ1v) is 8.20. The number of halogens is 3. The first kappa shape index (κ1) is 13.9. The summed E-state index contributed by atoms with van der Waals surface area (Å²) in [5.41, 5.74) is 1.10. The average molecular weight is 414 g/mol. The Balaban J connectivity index is 2.16. The van der Waals surface area contributed by atoms with Gasteiger partial charge in [0.2, 0.25) is 0 Å². The number of hydrogen-bond donors (Lipinski definition) is 0. The molecule has 0 aliphatic rings. The molecule has 0 amide bonds. The van der Waals surface area contributed by atoms with Crippen LogP contribution < -0.4 is 0 Å². The number of carbonyl (C=O) groups excluding carboxylic acids is 1. The summed E-state index contributed by atoms with van der Waals surface area (Å²) >= 11 is 8.24. The van der Waals surface area contributed by atoms with E-state index < -0.39 is 0 Å². The van der Waals surface area contributed by atoms with Crippen molar-refractivity contribution in [2.24, 2.45) is 0 Å². The van der Waals surface area contributed by atoms with Gasteiger partial charge in [-0.15, -0.1) is 11.3 Å². The molecule has 100 valence electrons. The molecule has 0 N–H and O–H groups in total. The van der Waals surface area contributed by atoms with Crippen molar-refractivity contribution in [3.8, 4) is 0 Å². The average Bonchev–Trinajstić information content (AvgIpc) is 2.83. The van der Waals surface area contributed by atoms with Crippen molar-refractivity contribution in [2.75, 3.05) is 0 Å². The van der Waals surface area contributed by atoms with Crippen LogP contribution in [-0.4, -0.2) is 5.78 Å². The predicted molar refractivity (Wildman–Crippen MR) is 87.1 cm³/mol. The van der Waals surface area contributed by atoms with E-state index in [1.54, 1.807) is 0 Å². The van der Waals surface area contributed by atoms with E-state index in [4.69, 9.17) is 0 Å². The quantitative estimate of drug-likeness (QED) is 0.485. The zero-order valence-corrected chi connectivity index (χ0v) is 14.0. The Morgan fingerprint density at radius 1 is 1.05 bits per heavy atom. The summed E-state index contributed by atoms with van der Waals surface area (Å²) in [5, 5.41) is 2.75. The summed E-state index contributed by atoms with van der Waals surface area (Å²) in [5.74, 6) is -0.479. The molecule has 5 heteroatoms. The number of hydrogen-bond acceptors (Lipinski definition) is 2. The molecule has 0 radical (unpaired) electrons. The van der Waals surface area contributed by atoms with Crippen LogP contribution in [0.2, 0.25) is 0 Å². The maximum Gasteiger partial charge on any atom is 0.195 e. The van der Waals surface area contributed by atoms with E-state index in [2.05, 4.69) is 31.9 Å². The highest BCUT2D eigenvalue weighted by molar-refractivity contribution is 9.11. The van der Waals surface area contributed by atoms with Crippen LogP contribution >= 0.6 is 43.2 Å². The normalized spacial score (nSPS) is 10.9. The molecule has 20 heavy (non-hydrogen) atoms. The first-order valence-electron chi connectivity index (χ1n) is 5.73. The molecule has 0 atom stereocenters. The van der Waals surface area contributed by atoms with Gasteiger partial charge in [0.05, 0.1) is 0 Å². The highest BCUT2D eigenvalue weighted by Gasteiger charge is 2.17. The van der Waals surface area contributed by atoms with Gasteiger partial charge in [-0.05, 0) is 56.1 Å². The molecule has 0 saturated carbocycles. The van der Waals surface area contributed by atoms with Crippen LogP contribution in [0.1, 0.15) is 15.9 Å². The zero-order valence-electron chi connectivity index (χ0n) is 9.99. The topological polar surface area (TPSA) is 17.1 Å². The third kappa shape index (κ3) is 2.34. The molecule has 0 spiro atoms. The van der Waals surface area contributed by atoms with Gasteiger partial charge in [-0.25, -0.2) is 4.39 Å². The molecule has 1 aromatic heterocycles. The fraction of sp³-hybridized carbons (Fsp3) is 0. The van der Waals surface area contributed by atoms with Gasteiger partial charge in [-0.3, -0.25) is 4.79 Å². The van der Waals surface area contributed by atoms with Gasteiger partial charge < -0.3 is 0 Å². The smallest absolute Gasteiger partial charge is 0.195 e. The number of thiophene rings is 1. The van der Waals surface area contributed by atoms with Crippen LogP contribution in [0.25, 0.3) is 10.1 Å². The molecule has 3 rings (SSSR count). The summed E-state index contributed by atoms with van der Waals surface area (Å²) < 4.78 is 15.6. The minimum absolute atomic E-state index is 0.110. The van der Waals surface area contributed by atoms with Gasteiger partial charge in [-0.1, -0.05) is 12.1 Å². The number of rotatable bonds is 2. The van der Waals surface area contributed by atoms with Crippen molar-refractivity contribution in [3.05, 3.63) is 67.7 Å². The van der Waals surface area contributed by atoms with E-state index in [1.807, 2.05) is 23.6 Å². The van der Waals surface area contributed by atoms with E-state index >= 15 is 0 Å². The summed E-state index contributed by atoms with van der Waals surface area (Å²) in [6.45, 7) is 0. The monoisotopic (exact) mass is 412 g/mol. The summed E-state index contributed by atoms with van der Waals surface area (Å²) in [7, 11) is 0. The molecule has 0 aliphatic carbocycles. The van der Waals surface area contributed by atoms with Gasteiger partial charge >= 0.3 is 0 Å². The maximum atomic E-state index is 13.1. The molecule has 0 saturated heterocycles. The Morgan fingerprint density at radius 3 is 2.60 bits per heavy atom. The highest BCUT2D eigenvalue weighted by Crippen LogP contribution is 2.34. The Labute approximate surface area is 135 Å². The minimum atomic E-state index is -0.369. The second-order valence-corrected chi connectivity index (χ2v) is 6.81. The molecule has 0 aliphatic heterocycles. The standard InChI is InChI=1S/C15H7Br2FOS/c16-12-3-1-2-9-11(7-20-15(9)12)14(19)10-5-4-8(18)6-13(10)17/h1-7H. The van der Waals surface area contributed by atoms with E-state index in [1.165, 1.54) is 29.5 Å². The van der Waals surface area contributed by atoms with Gasteiger partial charge in [0, 0.05) is 35.5 Å². The fourth-order valence-corrected chi connectivity index (χ4v) is 4.15. The van der Waals surface area contributed by atoms with Crippen LogP contribution in [0.3, 0.4) is 0 Å². The SMILES string of the molecule is O=C(c1ccc(F)cc1Br)c1csc2c(Br)cccc12. The van der Waals surface area contributed by atoms with Crippen molar-refractivity contribution in [1.82, 2.24) is 0 Å². The van der Waals surface area contributed by atoms with Gasteiger partial charge in [0.25, 0.3) is 0 Å². The largest absolute Gasteiger partial charge is 0.289 e. The molecule has 2 aromatic carbocycles. The highest BCUT2D eigenvalue weighted by atomic mass is 79.9. The van der Waals surface area contributed by atoms with Crippen molar-refractivity contribution in [1.29, 1.82) is 0 Å². The fourth-order valence-electron chi connectivity index (χ4n) is 2.02. The van der Waals surface area contributed by atoms with Crippen LogP contribution in [0.5, 0.6) is 0 Å². The minimum Gasteiger partial charge on any atom is -0.289 e. The lowest BCUT2D eigenvalue weighted by Gasteiger charge is -2.03. The van der Waals surface area contributed by atoms with Gasteiger partial charge in [-0.2, -0.15) is 0 Å². The maximum absolute atomic E-state index is 13.1. The Bertz CT molecular complexity index is 826. The van der Waals surface area contributed by atoms with Crippen molar-refractivity contribution < 1.29 is 9.18 Å². The second kappa shape index (κ2) is 5.39. The Kier molecular flexibility index (Phi) is 3.75. The number of fused-ring (bicyclic) bond motifs is 1. The van der Waals surface area contributed by atoms with Crippen LogP contribution in [-0.2, 0) is 0 Å². The van der Waals surface area contributed by atoms with E-state index in [-0.39, 0.29) is 11.6 Å².